The van der Waals surface area contributed by atoms with Crippen LogP contribution in [0.25, 0.3) is 0 Å². The van der Waals surface area contributed by atoms with Gasteiger partial charge in [0.1, 0.15) is 6.04 Å². The van der Waals surface area contributed by atoms with Gasteiger partial charge in [0.05, 0.1) is 10.6 Å². The summed E-state index contributed by atoms with van der Waals surface area (Å²) in [5, 5.41) is 14.6. The molecule has 0 spiro atoms. The Kier molecular flexibility index (Phi) is 7.90. The summed E-state index contributed by atoms with van der Waals surface area (Å²) in [6, 6.07) is 3.55. The van der Waals surface area contributed by atoms with E-state index in [9.17, 15) is 19.5 Å². The lowest BCUT2D eigenvalue weighted by molar-refractivity contribution is -0.139. The van der Waals surface area contributed by atoms with Crippen molar-refractivity contribution >= 4 is 35.1 Å². The molecule has 0 fully saturated rings. The lowest BCUT2D eigenvalue weighted by atomic mass is 10.0. The molecule has 0 saturated heterocycles. The van der Waals surface area contributed by atoms with E-state index < -0.39 is 17.9 Å². The minimum Gasteiger partial charge on any atom is -0.480 e. The first-order valence-electron chi connectivity index (χ1n) is 8.23. The monoisotopic (exact) mass is 368 g/mol. The molecule has 0 aromatic heterocycles. The molecule has 1 atom stereocenters. The summed E-state index contributed by atoms with van der Waals surface area (Å²) >= 11 is 6.06. The highest BCUT2D eigenvalue weighted by Crippen LogP contribution is 2.21. The maximum atomic E-state index is 12.4. The van der Waals surface area contributed by atoms with Gasteiger partial charge in [0, 0.05) is 12.1 Å². The molecule has 1 rings (SSSR count). The van der Waals surface area contributed by atoms with Crippen LogP contribution in [0.3, 0.4) is 0 Å². The number of nitrogens with one attached hydrogen (secondary N) is 2. The number of hydrogen-bond acceptors (Lipinski definition) is 3. The fourth-order valence-electron chi connectivity index (χ4n) is 2.29. The van der Waals surface area contributed by atoms with Crippen molar-refractivity contribution in [1.29, 1.82) is 0 Å². The number of halogens is 1. The van der Waals surface area contributed by atoms with Gasteiger partial charge in [-0.05, 0) is 36.5 Å². The summed E-state index contributed by atoms with van der Waals surface area (Å²) in [6.45, 7) is 7.61. The first-order chi connectivity index (χ1) is 11.6. The molecule has 1 aromatic rings. The molecule has 0 bridgehead atoms. The lowest BCUT2D eigenvalue weighted by Crippen LogP contribution is -2.41. The molecule has 0 heterocycles. The van der Waals surface area contributed by atoms with Gasteiger partial charge in [-0.1, -0.05) is 39.3 Å². The Morgan fingerprint density at radius 1 is 1.12 bits per heavy atom. The molecule has 25 heavy (non-hydrogen) atoms. The number of carboxylic acid groups (broad SMARTS) is 1. The predicted octanol–water partition coefficient (Wildman–Crippen LogP) is 3.55. The van der Waals surface area contributed by atoms with Crippen LogP contribution in [0.1, 0.15) is 50.9 Å². The molecule has 6 nitrogen and oxygen atoms in total. The summed E-state index contributed by atoms with van der Waals surface area (Å²) in [7, 11) is 0. The lowest BCUT2D eigenvalue weighted by Gasteiger charge is -2.17. The van der Waals surface area contributed by atoms with Gasteiger partial charge in [0.2, 0.25) is 5.91 Å². The van der Waals surface area contributed by atoms with Crippen molar-refractivity contribution in [1.82, 2.24) is 5.32 Å². The smallest absolute Gasteiger partial charge is 0.326 e. The highest BCUT2D eigenvalue weighted by atomic mass is 35.5. The number of carbonyl (C=O) groups is 3. The van der Waals surface area contributed by atoms with Gasteiger partial charge in [0.25, 0.3) is 5.91 Å². The summed E-state index contributed by atoms with van der Waals surface area (Å²) in [5.74, 6) is -1.52. The SMILES string of the molecule is CC(C)CC(=O)Nc1ccc(Cl)c(C(=O)N[C@H](CC(C)C)C(=O)O)c1. The molecule has 138 valence electrons. The zero-order valence-corrected chi connectivity index (χ0v) is 15.7. The minimum absolute atomic E-state index is 0.110. The Hall–Kier alpha value is -2.08. The van der Waals surface area contributed by atoms with Gasteiger partial charge < -0.3 is 15.7 Å². The Bertz CT molecular complexity index is 644. The molecule has 0 saturated carbocycles. The number of carboxylic acids is 1. The third kappa shape index (κ3) is 7.13. The van der Waals surface area contributed by atoms with Gasteiger partial charge in [-0.15, -0.1) is 0 Å². The van der Waals surface area contributed by atoms with Crippen molar-refractivity contribution < 1.29 is 19.5 Å². The fraction of sp³-hybridized carbons (Fsp3) is 0.500. The van der Waals surface area contributed by atoms with E-state index in [-0.39, 0.29) is 28.3 Å². The van der Waals surface area contributed by atoms with Crippen LogP contribution in [0.4, 0.5) is 5.69 Å². The summed E-state index contributed by atoms with van der Waals surface area (Å²) in [6.07, 6.45) is 0.670. The van der Waals surface area contributed by atoms with Gasteiger partial charge in [-0.3, -0.25) is 9.59 Å². The molecule has 0 unspecified atom stereocenters. The van der Waals surface area contributed by atoms with Gasteiger partial charge in [-0.25, -0.2) is 4.79 Å². The van der Waals surface area contributed by atoms with E-state index in [2.05, 4.69) is 10.6 Å². The number of benzene rings is 1. The first kappa shape index (κ1) is 21.0. The molecule has 1 aromatic carbocycles. The second-order valence-electron chi connectivity index (χ2n) is 6.83. The number of hydrogen-bond donors (Lipinski definition) is 3. The standard InChI is InChI=1S/C18H25ClN2O4/c1-10(2)7-15(18(24)25)21-17(23)13-9-12(5-6-14(13)19)20-16(22)8-11(3)4/h5-6,9-11,15H,7-8H2,1-4H3,(H,20,22)(H,21,23)(H,24,25)/t15-/m1/s1. The molecule has 2 amide bonds. The Labute approximate surface area is 152 Å². The number of amides is 2. The topological polar surface area (TPSA) is 95.5 Å². The molecule has 0 aliphatic heterocycles. The van der Waals surface area contributed by atoms with Crippen molar-refractivity contribution in [2.45, 2.75) is 46.6 Å². The van der Waals surface area contributed by atoms with Crippen LogP contribution in [-0.2, 0) is 9.59 Å². The maximum Gasteiger partial charge on any atom is 0.326 e. The van der Waals surface area contributed by atoms with Crippen LogP contribution in [0.2, 0.25) is 5.02 Å². The van der Waals surface area contributed by atoms with Crippen LogP contribution in [-0.4, -0.2) is 28.9 Å². The summed E-state index contributed by atoms with van der Waals surface area (Å²) < 4.78 is 0. The van der Waals surface area contributed by atoms with Crippen molar-refractivity contribution in [3.63, 3.8) is 0 Å². The largest absolute Gasteiger partial charge is 0.480 e. The number of anilines is 1. The normalized spacial score (nSPS) is 12.1. The van der Waals surface area contributed by atoms with Crippen LogP contribution in [0, 0.1) is 11.8 Å². The average molecular weight is 369 g/mol. The average Bonchev–Trinajstić information content (AvgIpc) is 2.46. The Balaban J connectivity index is 2.92. The maximum absolute atomic E-state index is 12.4. The zero-order chi connectivity index (χ0) is 19.1. The van der Waals surface area contributed by atoms with Crippen LogP contribution < -0.4 is 10.6 Å². The van der Waals surface area contributed by atoms with Crippen molar-refractivity contribution in [3.8, 4) is 0 Å². The van der Waals surface area contributed by atoms with E-state index in [1.54, 1.807) is 6.07 Å². The third-order valence-corrected chi connectivity index (χ3v) is 3.73. The fourth-order valence-corrected chi connectivity index (χ4v) is 2.49. The second-order valence-corrected chi connectivity index (χ2v) is 7.24. The third-order valence-electron chi connectivity index (χ3n) is 3.40. The predicted molar refractivity (Wildman–Crippen MR) is 97.9 cm³/mol. The van der Waals surface area contributed by atoms with Crippen molar-refractivity contribution in [2.24, 2.45) is 11.8 Å². The summed E-state index contributed by atoms with van der Waals surface area (Å²) in [4.78, 5) is 35.6. The Morgan fingerprint density at radius 3 is 2.28 bits per heavy atom. The van der Waals surface area contributed by atoms with Crippen LogP contribution in [0.15, 0.2) is 18.2 Å². The molecule has 0 radical (unpaired) electrons. The van der Waals surface area contributed by atoms with E-state index in [1.807, 2.05) is 27.7 Å². The molecular weight excluding hydrogens is 344 g/mol. The quantitative estimate of drug-likeness (QED) is 0.653. The van der Waals surface area contributed by atoms with E-state index in [0.717, 1.165) is 0 Å². The van der Waals surface area contributed by atoms with Crippen molar-refractivity contribution in [2.75, 3.05) is 5.32 Å². The van der Waals surface area contributed by atoms with Crippen molar-refractivity contribution in [3.05, 3.63) is 28.8 Å². The zero-order valence-electron chi connectivity index (χ0n) is 14.9. The molecule has 3 N–H and O–H groups in total. The highest BCUT2D eigenvalue weighted by molar-refractivity contribution is 6.34. The van der Waals surface area contributed by atoms with Gasteiger partial charge in [-0.2, -0.15) is 0 Å². The molecule has 0 aliphatic carbocycles. The Morgan fingerprint density at radius 2 is 1.76 bits per heavy atom. The first-order valence-corrected chi connectivity index (χ1v) is 8.61. The molecule has 7 heteroatoms. The van der Waals surface area contributed by atoms with E-state index >= 15 is 0 Å². The molecule has 0 aliphatic rings. The van der Waals surface area contributed by atoms with E-state index in [1.165, 1.54) is 12.1 Å². The highest BCUT2D eigenvalue weighted by Gasteiger charge is 2.23. The van der Waals surface area contributed by atoms with Gasteiger partial charge >= 0.3 is 5.97 Å². The van der Waals surface area contributed by atoms with Crippen LogP contribution >= 0.6 is 11.6 Å². The number of rotatable bonds is 8. The molecular formula is C18H25ClN2O4. The van der Waals surface area contributed by atoms with E-state index in [0.29, 0.717) is 18.5 Å². The van der Waals surface area contributed by atoms with Gasteiger partial charge in [0.15, 0.2) is 0 Å². The van der Waals surface area contributed by atoms with E-state index in [4.69, 9.17) is 11.6 Å². The summed E-state index contributed by atoms with van der Waals surface area (Å²) in [5.41, 5.74) is 0.565. The second kappa shape index (κ2) is 9.42. The minimum atomic E-state index is -1.10. The van der Waals surface area contributed by atoms with Crippen LogP contribution in [0.5, 0.6) is 0 Å². The number of aliphatic carboxylic acids is 1. The number of carbonyl (C=O) groups excluding carboxylic acids is 2.